The van der Waals surface area contributed by atoms with Crippen LogP contribution in [0.2, 0.25) is 0 Å². The van der Waals surface area contributed by atoms with E-state index in [9.17, 15) is 4.79 Å². The monoisotopic (exact) mass is 572 g/mol. The lowest BCUT2D eigenvalue weighted by Gasteiger charge is -2.35. The minimum absolute atomic E-state index is 0.0589. The van der Waals surface area contributed by atoms with Crippen molar-refractivity contribution < 1.29 is 19.0 Å². The molecule has 1 atom stereocenters. The first kappa shape index (κ1) is 27.6. The van der Waals surface area contributed by atoms with Crippen molar-refractivity contribution in [2.75, 3.05) is 44.3 Å². The second-order valence-electron chi connectivity index (χ2n) is 11.0. The summed E-state index contributed by atoms with van der Waals surface area (Å²) in [5.41, 5.74) is 2.95. The standard InChI is InChI=1S/C32H36N4O4S/c1-4-8-26-19-27-28(33-31(34-29(27)41-26)38-20-25-21-39-32(2,3)40-25)35-15-17-36(18-16-35)30(37)24-13-11-23(12-14-24)22-9-6-5-7-10-22/h5-7,9-14,19,25H,4,8,15-18,20-21H2,1-3H3/t25-/m1/s1. The van der Waals surface area contributed by atoms with Gasteiger partial charge in [0.25, 0.3) is 5.91 Å². The summed E-state index contributed by atoms with van der Waals surface area (Å²) in [5.74, 6) is 0.323. The van der Waals surface area contributed by atoms with E-state index >= 15 is 0 Å². The lowest BCUT2D eigenvalue weighted by molar-refractivity contribution is -0.141. The third-order valence-corrected chi connectivity index (χ3v) is 8.56. The van der Waals surface area contributed by atoms with Gasteiger partial charge >= 0.3 is 6.01 Å². The molecule has 4 aromatic rings. The van der Waals surface area contributed by atoms with Gasteiger partial charge in [0.1, 0.15) is 23.4 Å². The van der Waals surface area contributed by atoms with E-state index < -0.39 is 5.79 Å². The third kappa shape index (κ3) is 6.22. The molecule has 2 aromatic heterocycles. The van der Waals surface area contributed by atoms with Gasteiger partial charge in [0, 0.05) is 36.6 Å². The largest absolute Gasteiger partial charge is 0.461 e. The molecule has 0 bridgehead atoms. The fourth-order valence-electron chi connectivity index (χ4n) is 5.36. The lowest BCUT2D eigenvalue weighted by Crippen LogP contribution is -2.49. The average Bonchev–Trinajstić information content (AvgIpc) is 3.57. The van der Waals surface area contributed by atoms with Gasteiger partial charge in [-0.05, 0) is 49.6 Å². The number of carbonyl (C=O) groups excluding carboxylic acids is 1. The second-order valence-corrected chi connectivity index (χ2v) is 12.1. The van der Waals surface area contributed by atoms with Crippen molar-refractivity contribution >= 4 is 33.3 Å². The van der Waals surface area contributed by atoms with Crippen LogP contribution in [0, 0.1) is 0 Å². The number of nitrogens with zero attached hydrogens (tertiary/aromatic N) is 4. The zero-order valence-electron chi connectivity index (χ0n) is 23.8. The molecule has 6 rings (SSSR count). The normalized spacial score (nSPS) is 18.7. The highest BCUT2D eigenvalue weighted by Crippen LogP contribution is 2.34. The highest BCUT2D eigenvalue weighted by molar-refractivity contribution is 7.18. The second kappa shape index (κ2) is 11.8. The van der Waals surface area contributed by atoms with Gasteiger partial charge in [-0.2, -0.15) is 9.97 Å². The van der Waals surface area contributed by atoms with Crippen LogP contribution in [0.4, 0.5) is 5.82 Å². The predicted molar refractivity (Wildman–Crippen MR) is 162 cm³/mol. The van der Waals surface area contributed by atoms with Crippen LogP contribution >= 0.6 is 11.3 Å². The summed E-state index contributed by atoms with van der Waals surface area (Å²) in [6.45, 7) is 9.40. The molecule has 0 saturated carbocycles. The van der Waals surface area contributed by atoms with E-state index in [0.29, 0.717) is 51.0 Å². The number of anilines is 1. The number of rotatable bonds is 8. The molecule has 2 aliphatic rings. The molecule has 0 spiro atoms. The topological polar surface area (TPSA) is 77.0 Å². The van der Waals surface area contributed by atoms with Crippen molar-refractivity contribution in [2.45, 2.75) is 45.5 Å². The molecule has 0 radical (unpaired) electrons. The van der Waals surface area contributed by atoms with Crippen molar-refractivity contribution in [3.63, 3.8) is 0 Å². The maximum Gasteiger partial charge on any atom is 0.319 e. The summed E-state index contributed by atoms with van der Waals surface area (Å²) in [5, 5.41) is 1.05. The molecule has 1 amide bonds. The molecule has 8 nitrogen and oxygen atoms in total. The average molecular weight is 573 g/mol. The van der Waals surface area contributed by atoms with Gasteiger partial charge in [0.2, 0.25) is 0 Å². The van der Waals surface area contributed by atoms with Crippen molar-refractivity contribution in [1.82, 2.24) is 14.9 Å². The fourth-order valence-corrected chi connectivity index (χ4v) is 6.48. The molecule has 214 valence electrons. The summed E-state index contributed by atoms with van der Waals surface area (Å²) in [4.78, 5) is 29.3. The van der Waals surface area contributed by atoms with E-state index in [1.165, 1.54) is 4.88 Å². The van der Waals surface area contributed by atoms with Gasteiger partial charge in [-0.25, -0.2) is 0 Å². The Kier molecular flexibility index (Phi) is 7.92. The number of carbonyl (C=O) groups is 1. The first-order chi connectivity index (χ1) is 19.9. The number of piperazine rings is 1. The molecular formula is C32H36N4O4S. The number of aromatic nitrogens is 2. The Morgan fingerprint density at radius 3 is 2.44 bits per heavy atom. The number of aryl methyl sites for hydroxylation is 1. The molecule has 0 unspecified atom stereocenters. The maximum atomic E-state index is 13.3. The van der Waals surface area contributed by atoms with Crippen molar-refractivity contribution in [3.8, 4) is 17.1 Å². The summed E-state index contributed by atoms with van der Waals surface area (Å²) in [7, 11) is 0. The first-order valence-corrected chi connectivity index (χ1v) is 15.1. The molecule has 41 heavy (non-hydrogen) atoms. The van der Waals surface area contributed by atoms with Gasteiger partial charge in [0.15, 0.2) is 5.79 Å². The Hall–Kier alpha value is -3.53. The van der Waals surface area contributed by atoms with Gasteiger partial charge in [-0.15, -0.1) is 11.3 Å². The minimum Gasteiger partial charge on any atom is -0.461 e. The van der Waals surface area contributed by atoms with Crippen LogP contribution in [0.25, 0.3) is 21.3 Å². The molecule has 4 heterocycles. The van der Waals surface area contributed by atoms with Crippen LogP contribution in [-0.2, 0) is 15.9 Å². The molecular weight excluding hydrogens is 536 g/mol. The number of fused-ring (bicyclic) bond motifs is 1. The predicted octanol–water partition coefficient (Wildman–Crippen LogP) is 5.80. The van der Waals surface area contributed by atoms with E-state index in [1.807, 2.05) is 61.2 Å². The van der Waals surface area contributed by atoms with E-state index in [2.05, 4.69) is 30.0 Å². The van der Waals surface area contributed by atoms with Crippen LogP contribution in [0.1, 0.15) is 42.4 Å². The van der Waals surface area contributed by atoms with E-state index in [4.69, 9.17) is 24.2 Å². The molecule has 2 aromatic carbocycles. The highest BCUT2D eigenvalue weighted by Gasteiger charge is 2.33. The Balaban J connectivity index is 1.15. The third-order valence-electron chi connectivity index (χ3n) is 7.47. The first-order valence-electron chi connectivity index (χ1n) is 14.3. The highest BCUT2D eigenvalue weighted by atomic mass is 32.1. The zero-order chi connectivity index (χ0) is 28.4. The molecule has 0 aliphatic carbocycles. The summed E-state index contributed by atoms with van der Waals surface area (Å²) < 4.78 is 17.6. The molecule has 2 saturated heterocycles. The smallest absolute Gasteiger partial charge is 0.319 e. The van der Waals surface area contributed by atoms with Crippen molar-refractivity contribution in [2.24, 2.45) is 0 Å². The number of thiophene rings is 1. The Labute approximate surface area is 244 Å². The van der Waals surface area contributed by atoms with Crippen LogP contribution in [0.5, 0.6) is 6.01 Å². The van der Waals surface area contributed by atoms with Gasteiger partial charge in [-0.3, -0.25) is 4.79 Å². The SMILES string of the molecule is CCCc1cc2c(N3CCN(C(=O)c4ccc(-c5ccccc5)cc4)CC3)nc(OC[C@@H]3COC(C)(C)O3)nc2s1. The summed E-state index contributed by atoms with van der Waals surface area (Å²) >= 11 is 1.70. The molecule has 2 aliphatic heterocycles. The lowest BCUT2D eigenvalue weighted by atomic mass is 10.0. The van der Waals surface area contributed by atoms with Gasteiger partial charge < -0.3 is 24.0 Å². The summed E-state index contributed by atoms with van der Waals surface area (Å²) in [6.07, 6.45) is 1.91. The van der Waals surface area contributed by atoms with Crippen LogP contribution in [0.3, 0.4) is 0 Å². The van der Waals surface area contributed by atoms with Crippen LogP contribution in [0.15, 0.2) is 60.7 Å². The van der Waals surface area contributed by atoms with E-state index in [0.717, 1.165) is 40.0 Å². The van der Waals surface area contributed by atoms with Crippen molar-refractivity contribution in [1.29, 1.82) is 0 Å². The quantitative estimate of drug-likeness (QED) is 0.264. The number of amides is 1. The number of ether oxygens (including phenoxy) is 3. The molecule has 2 fully saturated rings. The maximum absolute atomic E-state index is 13.3. The summed E-state index contributed by atoms with van der Waals surface area (Å²) in [6, 6.07) is 20.7. The van der Waals surface area contributed by atoms with E-state index in [-0.39, 0.29) is 12.0 Å². The Morgan fingerprint density at radius 2 is 1.76 bits per heavy atom. The molecule has 9 heteroatoms. The molecule has 0 N–H and O–H groups in total. The zero-order valence-corrected chi connectivity index (χ0v) is 24.7. The van der Waals surface area contributed by atoms with Crippen LogP contribution in [-0.4, -0.2) is 72.1 Å². The Morgan fingerprint density at radius 1 is 1.02 bits per heavy atom. The van der Waals surface area contributed by atoms with Gasteiger partial charge in [0.05, 0.1) is 12.0 Å². The Bertz CT molecular complexity index is 1500. The van der Waals surface area contributed by atoms with Crippen molar-refractivity contribution in [3.05, 3.63) is 71.1 Å². The van der Waals surface area contributed by atoms with E-state index in [1.54, 1.807) is 11.3 Å². The minimum atomic E-state index is -0.603. The number of hydrogen-bond acceptors (Lipinski definition) is 8. The number of hydrogen-bond donors (Lipinski definition) is 0. The van der Waals surface area contributed by atoms with Gasteiger partial charge in [-0.1, -0.05) is 55.8 Å². The number of benzene rings is 2. The van der Waals surface area contributed by atoms with Crippen LogP contribution < -0.4 is 9.64 Å². The fraction of sp³-hybridized carbons (Fsp3) is 0.406.